The van der Waals surface area contributed by atoms with Crippen LogP contribution in [0.5, 0.6) is 0 Å². The number of morpholine rings is 1. The Bertz CT molecular complexity index is 960. The molecule has 4 atom stereocenters. The third-order valence-corrected chi connectivity index (χ3v) is 6.93. The van der Waals surface area contributed by atoms with Crippen LogP contribution in [-0.2, 0) is 14.3 Å². The van der Waals surface area contributed by atoms with Gasteiger partial charge in [-0.2, -0.15) is 0 Å². The number of amides is 1. The molecule has 1 aliphatic heterocycles. The molecule has 31 heavy (non-hydrogen) atoms. The minimum Gasteiger partial charge on any atom is -0.481 e. The van der Waals surface area contributed by atoms with E-state index in [4.69, 9.17) is 27.9 Å². The van der Waals surface area contributed by atoms with Gasteiger partial charge in [-0.25, -0.2) is 0 Å². The molecule has 0 aromatic heterocycles. The number of carbonyl (C=O) groups is 2. The van der Waals surface area contributed by atoms with E-state index in [1.807, 2.05) is 35.2 Å². The van der Waals surface area contributed by atoms with Crippen molar-refractivity contribution < 1.29 is 19.4 Å². The second kappa shape index (κ2) is 9.19. The summed E-state index contributed by atoms with van der Waals surface area (Å²) in [4.78, 5) is 26.9. The number of carboxylic acid groups (broad SMARTS) is 1. The lowest BCUT2D eigenvalue weighted by Gasteiger charge is -2.50. The van der Waals surface area contributed by atoms with Gasteiger partial charge in [-0.3, -0.25) is 9.59 Å². The van der Waals surface area contributed by atoms with Crippen LogP contribution in [0.3, 0.4) is 0 Å². The predicted octanol–water partition coefficient (Wildman–Crippen LogP) is 5.67. The summed E-state index contributed by atoms with van der Waals surface area (Å²) >= 11 is 12.4. The minimum atomic E-state index is -1.07. The maximum absolute atomic E-state index is 13.5. The largest absolute Gasteiger partial charge is 0.481 e. The van der Waals surface area contributed by atoms with E-state index in [1.54, 1.807) is 18.2 Å². The standard InChI is InChI=1S/C24H25Cl2NO4/c1-14(15-4-2-5-15)27-22(16-8-10-18(25)11-9-16)23(17-6-3-7-19(26)12-17)31-20(24(27)30)13-21(28)29/h3,6-12,14-15,20,22-23H,2,4-5,13H2,1H3,(H,28,29)/t14-,20+,22-,23-/m1/s1. The maximum atomic E-state index is 13.5. The number of carbonyl (C=O) groups excluding carboxylic acids is 1. The van der Waals surface area contributed by atoms with Gasteiger partial charge in [-0.1, -0.05) is 53.9 Å². The average Bonchev–Trinajstić information content (AvgIpc) is 2.68. The highest BCUT2D eigenvalue weighted by molar-refractivity contribution is 6.30. The minimum absolute atomic E-state index is 0.0381. The van der Waals surface area contributed by atoms with E-state index in [-0.39, 0.29) is 18.4 Å². The van der Waals surface area contributed by atoms with Gasteiger partial charge in [0.1, 0.15) is 12.2 Å². The summed E-state index contributed by atoms with van der Waals surface area (Å²) in [6.45, 7) is 2.06. The Balaban J connectivity index is 1.82. The van der Waals surface area contributed by atoms with E-state index in [0.29, 0.717) is 16.0 Å². The van der Waals surface area contributed by atoms with E-state index in [2.05, 4.69) is 6.92 Å². The Kier molecular flexibility index (Phi) is 6.56. The summed E-state index contributed by atoms with van der Waals surface area (Å²) in [7, 11) is 0. The van der Waals surface area contributed by atoms with Crippen molar-refractivity contribution in [2.75, 3.05) is 0 Å². The van der Waals surface area contributed by atoms with Gasteiger partial charge in [0.2, 0.25) is 0 Å². The lowest BCUT2D eigenvalue weighted by molar-refractivity contribution is -0.185. The first-order valence-electron chi connectivity index (χ1n) is 10.6. The molecule has 0 bridgehead atoms. The van der Waals surface area contributed by atoms with Crippen LogP contribution in [0.2, 0.25) is 10.0 Å². The van der Waals surface area contributed by atoms with Gasteiger partial charge in [0, 0.05) is 16.1 Å². The molecule has 4 rings (SSSR count). The van der Waals surface area contributed by atoms with Crippen molar-refractivity contribution in [2.45, 2.75) is 56.9 Å². The molecule has 0 unspecified atom stereocenters. The molecule has 2 fully saturated rings. The second-order valence-electron chi connectivity index (χ2n) is 8.37. The molecule has 7 heteroatoms. The fraction of sp³-hybridized carbons (Fsp3) is 0.417. The summed E-state index contributed by atoms with van der Waals surface area (Å²) in [6.07, 6.45) is 1.29. The molecule has 164 valence electrons. The van der Waals surface area contributed by atoms with Gasteiger partial charge in [-0.15, -0.1) is 0 Å². The first-order valence-corrected chi connectivity index (χ1v) is 11.3. The zero-order valence-corrected chi connectivity index (χ0v) is 18.7. The van der Waals surface area contributed by atoms with Crippen molar-refractivity contribution in [1.29, 1.82) is 0 Å². The highest BCUT2D eigenvalue weighted by atomic mass is 35.5. The predicted molar refractivity (Wildman–Crippen MR) is 119 cm³/mol. The van der Waals surface area contributed by atoms with Gasteiger partial charge in [0.25, 0.3) is 5.91 Å². The van der Waals surface area contributed by atoms with Crippen LogP contribution in [-0.4, -0.2) is 34.0 Å². The fourth-order valence-corrected chi connectivity index (χ4v) is 4.92. The van der Waals surface area contributed by atoms with Crippen molar-refractivity contribution in [1.82, 2.24) is 4.90 Å². The zero-order valence-electron chi connectivity index (χ0n) is 17.2. The summed E-state index contributed by atoms with van der Waals surface area (Å²) in [5, 5.41) is 10.6. The van der Waals surface area contributed by atoms with Crippen LogP contribution >= 0.6 is 23.2 Å². The lowest BCUT2D eigenvalue weighted by Crippen LogP contribution is -2.56. The molecule has 2 aliphatic rings. The van der Waals surface area contributed by atoms with E-state index in [1.165, 1.54) is 0 Å². The van der Waals surface area contributed by atoms with E-state index in [9.17, 15) is 14.7 Å². The topological polar surface area (TPSA) is 66.8 Å². The Morgan fingerprint density at radius 2 is 1.84 bits per heavy atom. The van der Waals surface area contributed by atoms with Crippen LogP contribution in [0.25, 0.3) is 0 Å². The SMILES string of the molecule is C[C@H](C1CCC1)N1C(=O)[C@H](CC(=O)O)O[C@H](c2cccc(Cl)c2)[C@H]1c1ccc(Cl)cc1. The molecule has 1 amide bonds. The summed E-state index contributed by atoms with van der Waals surface area (Å²) in [5.41, 5.74) is 1.70. The number of carboxylic acids is 1. The maximum Gasteiger partial charge on any atom is 0.306 e. The molecule has 2 aromatic rings. The quantitative estimate of drug-likeness (QED) is 0.601. The number of rotatable bonds is 6. The van der Waals surface area contributed by atoms with E-state index < -0.39 is 24.2 Å². The van der Waals surface area contributed by atoms with Crippen LogP contribution in [0, 0.1) is 5.92 Å². The molecular formula is C24H25Cl2NO4. The highest BCUT2D eigenvalue weighted by Crippen LogP contribution is 2.46. The number of halogens is 2. The second-order valence-corrected chi connectivity index (χ2v) is 9.24. The van der Waals surface area contributed by atoms with Gasteiger partial charge < -0.3 is 14.7 Å². The van der Waals surface area contributed by atoms with Crippen molar-refractivity contribution in [3.63, 3.8) is 0 Å². The molecular weight excluding hydrogens is 437 g/mol. The lowest BCUT2D eigenvalue weighted by atomic mass is 9.78. The van der Waals surface area contributed by atoms with Gasteiger partial charge in [-0.05, 0) is 61.1 Å². The zero-order chi connectivity index (χ0) is 22.1. The fourth-order valence-electron chi connectivity index (χ4n) is 4.60. The normalized spacial score (nSPS) is 25.2. The molecule has 1 saturated carbocycles. The van der Waals surface area contributed by atoms with E-state index in [0.717, 1.165) is 30.4 Å². The number of nitrogens with zero attached hydrogens (tertiary/aromatic N) is 1. The first-order chi connectivity index (χ1) is 14.8. The van der Waals surface area contributed by atoms with Gasteiger partial charge >= 0.3 is 5.97 Å². The Morgan fingerprint density at radius 3 is 2.42 bits per heavy atom. The summed E-state index contributed by atoms with van der Waals surface area (Å²) < 4.78 is 6.20. The molecule has 1 saturated heterocycles. The Labute approximate surface area is 191 Å². The third kappa shape index (κ3) is 4.59. The molecule has 1 N–H and O–H groups in total. The molecule has 5 nitrogen and oxygen atoms in total. The Hall–Kier alpha value is -2.08. The van der Waals surface area contributed by atoms with E-state index >= 15 is 0 Å². The van der Waals surface area contributed by atoms with Crippen LogP contribution in [0.15, 0.2) is 48.5 Å². The van der Waals surface area contributed by atoms with Gasteiger partial charge in [0.15, 0.2) is 0 Å². The first kappa shape index (κ1) is 22.1. The van der Waals surface area contributed by atoms with Crippen molar-refractivity contribution >= 4 is 35.1 Å². The molecule has 0 spiro atoms. The third-order valence-electron chi connectivity index (χ3n) is 6.45. The number of hydrogen-bond donors (Lipinski definition) is 1. The smallest absolute Gasteiger partial charge is 0.306 e. The van der Waals surface area contributed by atoms with Gasteiger partial charge in [0.05, 0.1) is 12.5 Å². The summed E-state index contributed by atoms with van der Waals surface area (Å²) in [5.74, 6) is -0.952. The molecule has 1 aliphatic carbocycles. The van der Waals surface area contributed by atoms with Crippen molar-refractivity contribution in [2.24, 2.45) is 5.92 Å². The van der Waals surface area contributed by atoms with Crippen LogP contribution in [0.4, 0.5) is 0 Å². The molecule has 1 heterocycles. The van der Waals surface area contributed by atoms with Crippen molar-refractivity contribution in [3.8, 4) is 0 Å². The number of ether oxygens (including phenoxy) is 1. The average molecular weight is 462 g/mol. The number of benzene rings is 2. The van der Waals surface area contributed by atoms with Crippen molar-refractivity contribution in [3.05, 3.63) is 69.7 Å². The molecule has 0 radical (unpaired) electrons. The van der Waals surface area contributed by atoms with Crippen LogP contribution < -0.4 is 0 Å². The highest BCUT2D eigenvalue weighted by Gasteiger charge is 2.48. The Morgan fingerprint density at radius 1 is 1.13 bits per heavy atom. The monoisotopic (exact) mass is 461 g/mol. The summed E-state index contributed by atoms with van der Waals surface area (Å²) in [6, 6.07) is 14.3. The number of hydrogen-bond acceptors (Lipinski definition) is 3. The number of aliphatic carboxylic acids is 1. The molecule has 2 aromatic carbocycles. The van der Waals surface area contributed by atoms with Crippen LogP contribution in [0.1, 0.15) is 55.9 Å².